The first-order chi connectivity index (χ1) is 7.18. The normalized spacial score (nSPS) is 12.1. The van der Waals surface area contributed by atoms with Crippen molar-refractivity contribution in [3.8, 4) is 0 Å². The van der Waals surface area contributed by atoms with Crippen LogP contribution in [0.15, 0.2) is 29.4 Å². The van der Waals surface area contributed by atoms with Crippen molar-refractivity contribution >= 4 is 17.7 Å². The number of nitrogens with one attached hydrogen (secondary N) is 1. The summed E-state index contributed by atoms with van der Waals surface area (Å²) in [5, 5.41) is 11.6. The molecule has 0 spiro atoms. The van der Waals surface area contributed by atoms with Gasteiger partial charge in [0.05, 0.1) is 11.9 Å². The maximum Gasteiger partial charge on any atom is 0.230 e. The van der Waals surface area contributed by atoms with E-state index in [9.17, 15) is 4.79 Å². The maximum atomic E-state index is 11.3. The molecule has 0 aliphatic heterocycles. The van der Waals surface area contributed by atoms with Gasteiger partial charge in [-0.3, -0.25) is 9.78 Å². The van der Waals surface area contributed by atoms with Crippen molar-refractivity contribution in [1.29, 1.82) is 0 Å². The van der Waals surface area contributed by atoms with E-state index in [0.29, 0.717) is 12.3 Å². The van der Waals surface area contributed by atoms with Gasteiger partial charge in [0.1, 0.15) is 0 Å². The van der Waals surface area contributed by atoms with E-state index in [0.717, 1.165) is 4.90 Å². The van der Waals surface area contributed by atoms with E-state index in [-0.39, 0.29) is 5.91 Å². The van der Waals surface area contributed by atoms with Gasteiger partial charge < -0.3 is 10.4 Å². The van der Waals surface area contributed by atoms with Crippen molar-refractivity contribution < 1.29 is 9.90 Å². The summed E-state index contributed by atoms with van der Waals surface area (Å²) in [5.74, 6) is 0.286. The summed E-state index contributed by atoms with van der Waals surface area (Å²) >= 11 is 1.45. The average Bonchev–Trinajstić information content (AvgIpc) is 2.25. The summed E-state index contributed by atoms with van der Waals surface area (Å²) in [6.45, 7) is 1.94. The first-order valence-corrected chi connectivity index (χ1v) is 5.64. The Kier molecular flexibility index (Phi) is 5.14. The molecule has 1 atom stereocenters. The van der Waals surface area contributed by atoms with E-state index in [1.165, 1.54) is 11.8 Å². The lowest BCUT2D eigenvalue weighted by atomic mass is 10.4. The van der Waals surface area contributed by atoms with Gasteiger partial charge >= 0.3 is 0 Å². The molecule has 1 amide bonds. The third-order valence-corrected chi connectivity index (χ3v) is 2.63. The number of pyridine rings is 1. The number of carbonyl (C=O) groups is 1. The number of aliphatic hydroxyl groups is 1. The topological polar surface area (TPSA) is 62.2 Å². The highest BCUT2D eigenvalue weighted by molar-refractivity contribution is 8.00. The van der Waals surface area contributed by atoms with Crippen LogP contribution in [0.3, 0.4) is 0 Å². The number of nitrogens with zero attached hydrogens (tertiary/aromatic N) is 1. The predicted molar refractivity (Wildman–Crippen MR) is 59.7 cm³/mol. The molecule has 1 heterocycles. The Morgan fingerprint density at radius 1 is 1.60 bits per heavy atom. The Bertz CT molecular complexity index is 304. The SMILES string of the molecule is CC(O)CNC(=O)CSc1ccncc1. The number of amides is 1. The summed E-state index contributed by atoms with van der Waals surface area (Å²) in [6, 6.07) is 3.71. The first kappa shape index (κ1) is 12.0. The van der Waals surface area contributed by atoms with Crippen LogP contribution in [0, 0.1) is 0 Å². The van der Waals surface area contributed by atoms with Crippen LogP contribution < -0.4 is 5.32 Å². The van der Waals surface area contributed by atoms with Crippen LogP contribution in [0.25, 0.3) is 0 Å². The van der Waals surface area contributed by atoms with Crippen LogP contribution in [0.1, 0.15) is 6.92 Å². The zero-order valence-corrected chi connectivity index (χ0v) is 9.33. The standard InChI is InChI=1S/C10H14N2O2S/c1-8(13)6-12-10(14)7-15-9-2-4-11-5-3-9/h2-5,8,13H,6-7H2,1H3,(H,12,14). The van der Waals surface area contributed by atoms with Crippen LogP contribution in [0.2, 0.25) is 0 Å². The number of aliphatic hydroxyl groups excluding tert-OH is 1. The fourth-order valence-electron chi connectivity index (χ4n) is 0.896. The number of hydrogen-bond donors (Lipinski definition) is 2. The first-order valence-electron chi connectivity index (χ1n) is 4.66. The van der Waals surface area contributed by atoms with Crippen molar-refractivity contribution in [2.24, 2.45) is 0 Å². The second kappa shape index (κ2) is 6.42. The fraction of sp³-hybridized carbons (Fsp3) is 0.400. The molecule has 0 aliphatic carbocycles. The minimum atomic E-state index is -0.500. The molecule has 15 heavy (non-hydrogen) atoms. The highest BCUT2D eigenvalue weighted by atomic mass is 32.2. The minimum absolute atomic E-state index is 0.0716. The summed E-state index contributed by atoms with van der Waals surface area (Å²) in [4.78, 5) is 16.2. The Morgan fingerprint density at radius 3 is 2.87 bits per heavy atom. The highest BCUT2D eigenvalue weighted by Gasteiger charge is 2.03. The van der Waals surface area contributed by atoms with E-state index in [1.807, 2.05) is 12.1 Å². The van der Waals surface area contributed by atoms with Crippen LogP contribution in [-0.2, 0) is 4.79 Å². The van der Waals surface area contributed by atoms with Gasteiger partial charge in [-0.25, -0.2) is 0 Å². The summed E-state index contributed by atoms with van der Waals surface area (Å²) in [6.07, 6.45) is 2.88. The van der Waals surface area contributed by atoms with Crippen molar-refractivity contribution in [2.45, 2.75) is 17.9 Å². The van der Waals surface area contributed by atoms with Gasteiger partial charge in [0.2, 0.25) is 5.91 Å². The van der Waals surface area contributed by atoms with Gasteiger partial charge in [-0.05, 0) is 19.1 Å². The molecule has 0 saturated carbocycles. The van der Waals surface area contributed by atoms with E-state index >= 15 is 0 Å². The van der Waals surface area contributed by atoms with Gasteiger partial charge in [0.25, 0.3) is 0 Å². The molecule has 5 heteroatoms. The second-order valence-electron chi connectivity index (χ2n) is 3.12. The lowest BCUT2D eigenvalue weighted by molar-refractivity contribution is -0.118. The summed E-state index contributed by atoms with van der Waals surface area (Å²) < 4.78 is 0. The van der Waals surface area contributed by atoms with Crippen molar-refractivity contribution in [1.82, 2.24) is 10.3 Å². The van der Waals surface area contributed by atoms with Crippen molar-refractivity contribution in [3.05, 3.63) is 24.5 Å². The molecular weight excluding hydrogens is 212 g/mol. The Labute approximate surface area is 93.1 Å². The molecule has 0 aromatic carbocycles. The third-order valence-electron chi connectivity index (χ3n) is 1.61. The number of carbonyl (C=O) groups excluding carboxylic acids is 1. The largest absolute Gasteiger partial charge is 0.392 e. The molecule has 1 aromatic heterocycles. The van der Waals surface area contributed by atoms with Gasteiger partial charge in [-0.2, -0.15) is 0 Å². The van der Waals surface area contributed by atoms with Gasteiger partial charge in [-0.15, -0.1) is 11.8 Å². The second-order valence-corrected chi connectivity index (χ2v) is 4.17. The molecule has 1 aromatic rings. The van der Waals surface area contributed by atoms with Crippen LogP contribution >= 0.6 is 11.8 Å². The number of aromatic nitrogens is 1. The van der Waals surface area contributed by atoms with E-state index < -0.39 is 6.10 Å². The molecule has 1 rings (SSSR count). The summed E-state index contributed by atoms with van der Waals surface area (Å²) in [5.41, 5.74) is 0. The van der Waals surface area contributed by atoms with E-state index in [1.54, 1.807) is 19.3 Å². The fourth-order valence-corrected chi connectivity index (χ4v) is 1.61. The molecule has 82 valence electrons. The highest BCUT2D eigenvalue weighted by Crippen LogP contribution is 2.15. The zero-order valence-electron chi connectivity index (χ0n) is 8.51. The van der Waals surface area contributed by atoms with Gasteiger partial charge in [0.15, 0.2) is 0 Å². The third kappa shape index (κ3) is 5.39. The molecule has 0 aliphatic rings. The molecule has 2 N–H and O–H groups in total. The summed E-state index contributed by atoms with van der Waals surface area (Å²) in [7, 11) is 0. The Balaban J connectivity index is 2.23. The van der Waals surface area contributed by atoms with Gasteiger partial charge in [0, 0.05) is 23.8 Å². The van der Waals surface area contributed by atoms with E-state index in [4.69, 9.17) is 5.11 Å². The van der Waals surface area contributed by atoms with Gasteiger partial charge in [-0.1, -0.05) is 0 Å². The maximum absolute atomic E-state index is 11.3. The minimum Gasteiger partial charge on any atom is -0.392 e. The number of hydrogen-bond acceptors (Lipinski definition) is 4. The number of thioether (sulfide) groups is 1. The molecule has 4 nitrogen and oxygen atoms in total. The van der Waals surface area contributed by atoms with Crippen LogP contribution in [0.4, 0.5) is 0 Å². The molecule has 0 saturated heterocycles. The van der Waals surface area contributed by atoms with Crippen LogP contribution in [-0.4, -0.2) is 34.4 Å². The monoisotopic (exact) mass is 226 g/mol. The van der Waals surface area contributed by atoms with Crippen molar-refractivity contribution in [2.75, 3.05) is 12.3 Å². The Morgan fingerprint density at radius 2 is 2.27 bits per heavy atom. The lowest BCUT2D eigenvalue weighted by Gasteiger charge is -2.06. The number of rotatable bonds is 5. The Hall–Kier alpha value is -1.07. The molecular formula is C10H14N2O2S. The molecule has 0 radical (unpaired) electrons. The van der Waals surface area contributed by atoms with Crippen LogP contribution in [0.5, 0.6) is 0 Å². The lowest BCUT2D eigenvalue weighted by Crippen LogP contribution is -2.31. The zero-order chi connectivity index (χ0) is 11.1. The molecule has 0 bridgehead atoms. The molecule has 1 unspecified atom stereocenters. The van der Waals surface area contributed by atoms with E-state index in [2.05, 4.69) is 10.3 Å². The average molecular weight is 226 g/mol. The van der Waals surface area contributed by atoms with Crippen molar-refractivity contribution in [3.63, 3.8) is 0 Å². The smallest absolute Gasteiger partial charge is 0.230 e. The molecule has 0 fully saturated rings. The predicted octanol–water partition coefficient (Wildman–Crippen LogP) is 0.671. The quantitative estimate of drug-likeness (QED) is 0.724.